The molecule has 102 valence electrons. The highest BCUT2D eigenvalue weighted by Gasteiger charge is 2.12. The highest BCUT2D eigenvalue weighted by atomic mass is 16.2. The zero-order chi connectivity index (χ0) is 13.5. The summed E-state index contributed by atoms with van der Waals surface area (Å²) in [7, 11) is 0. The number of nitrogens with two attached hydrogens (primary N) is 1. The topological polar surface area (TPSA) is 72.9 Å². The molecule has 0 aliphatic heterocycles. The quantitative estimate of drug-likeness (QED) is 0.764. The second kappa shape index (κ2) is 7.16. The largest absolute Gasteiger partial charge is 0.350 e. The monoisotopic (exact) mass is 252 g/mol. The minimum atomic E-state index is -0.0206. The molecule has 1 aromatic heterocycles. The van der Waals surface area contributed by atoms with E-state index in [1.807, 2.05) is 19.9 Å². The molecule has 0 bridgehead atoms. The zero-order valence-electron chi connectivity index (χ0n) is 11.6. The SMILES string of the molecule is CCCCC(CN)NC(=O)Cn1nc(C)cc1C. The second-order valence-electron chi connectivity index (χ2n) is 4.73. The van der Waals surface area contributed by atoms with E-state index in [1.54, 1.807) is 4.68 Å². The molecule has 1 heterocycles. The van der Waals surface area contributed by atoms with Gasteiger partial charge in [-0.05, 0) is 26.3 Å². The standard InChI is InChI=1S/C13H24N4O/c1-4-5-6-12(8-14)15-13(18)9-17-11(3)7-10(2)16-17/h7,12H,4-6,8-9,14H2,1-3H3,(H,15,18). The highest BCUT2D eigenvalue weighted by Crippen LogP contribution is 2.02. The molecule has 0 spiro atoms. The van der Waals surface area contributed by atoms with Crippen LogP contribution >= 0.6 is 0 Å². The summed E-state index contributed by atoms with van der Waals surface area (Å²) in [4.78, 5) is 11.9. The van der Waals surface area contributed by atoms with Crippen molar-refractivity contribution < 1.29 is 4.79 Å². The summed E-state index contributed by atoms with van der Waals surface area (Å²) in [5.74, 6) is -0.0206. The van der Waals surface area contributed by atoms with Crippen molar-refractivity contribution in [1.29, 1.82) is 0 Å². The lowest BCUT2D eigenvalue weighted by atomic mass is 10.1. The van der Waals surface area contributed by atoms with Gasteiger partial charge in [-0.3, -0.25) is 9.48 Å². The summed E-state index contributed by atoms with van der Waals surface area (Å²) in [5.41, 5.74) is 7.58. The van der Waals surface area contributed by atoms with Crippen LogP contribution in [0.1, 0.15) is 37.6 Å². The number of hydrogen-bond acceptors (Lipinski definition) is 3. The molecule has 3 N–H and O–H groups in total. The first-order chi connectivity index (χ1) is 8.56. The molecule has 0 saturated heterocycles. The first-order valence-electron chi connectivity index (χ1n) is 6.57. The molecule has 0 aromatic carbocycles. The number of hydrogen-bond donors (Lipinski definition) is 2. The third-order valence-corrected chi connectivity index (χ3v) is 2.95. The van der Waals surface area contributed by atoms with Crippen LogP contribution in [0.15, 0.2) is 6.07 Å². The van der Waals surface area contributed by atoms with Crippen LogP contribution in [-0.4, -0.2) is 28.3 Å². The molecule has 1 rings (SSSR count). The van der Waals surface area contributed by atoms with E-state index in [1.165, 1.54) is 0 Å². The molecule has 0 aliphatic rings. The lowest BCUT2D eigenvalue weighted by molar-refractivity contribution is -0.122. The van der Waals surface area contributed by atoms with Crippen LogP contribution in [-0.2, 0) is 11.3 Å². The summed E-state index contributed by atoms with van der Waals surface area (Å²) in [5, 5.41) is 7.23. The summed E-state index contributed by atoms with van der Waals surface area (Å²) >= 11 is 0. The van der Waals surface area contributed by atoms with Crippen molar-refractivity contribution in [3.8, 4) is 0 Å². The number of rotatable bonds is 7. The lowest BCUT2D eigenvalue weighted by Crippen LogP contribution is -2.41. The van der Waals surface area contributed by atoms with Crippen LogP contribution in [0.5, 0.6) is 0 Å². The average Bonchev–Trinajstić information content (AvgIpc) is 2.63. The predicted molar refractivity (Wildman–Crippen MR) is 72.2 cm³/mol. The molecule has 1 amide bonds. The van der Waals surface area contributed by atoms with E-state index in [9.17, 15) is 4.79 Å². The molecule has 1 atom stereocenters. The second-order valence-corrected chi connectivity index (χ2v) is 4.73. The van der Waals surface area contributed by atoms with Gasteiger partial charge in [0.2, 0.25) is 5.91 Å². The molecular formula is C13H24N4O. The smallest absolute Gasteiger partial charge is 0.242 e. The Morgan fingerprint density at radius 3 is 2.78 bits per heavy atom. The number of aromatic nitrogens is 2. The number of nitrogens with one attached hydrogen (secondary N) is 1. The number of carbonyl (C=O) groups is 1. The number of aryl methyl sites for hydroxylation is 2. The van der Waals surface area contributed by atoms with Crippen molar-refractivity contribution in [2.45, 2.75) is 52.6 Å². The maximum atomic E-state index is 11.9. The fraction of sp³-hybridized carbons (Fsp3) is 0.692. The van der Waals surface area contributed by atoms with E-state index in [0.717, 1.165) is 30.7 Å². The van der Waals surface area contributed by atoms with Crippen molar-refractivity contribution in [3.05, 3.63) is 17.5 Å². The van der Waals surface area contributed by atoms with Crippen LogP contribution in [0, 0.1) is 13.8 Å². The molecule has 5 heteroatoms. The summed E-state index contributed by atoms with van der Waals surface area (Å²) in [6.45, 7) is 6.76. The molecule has 0 radical (unpaired) electrons. The van der Waals surface area contributed by atoms with Crippen LogP contribution < -0.4 is 11.1 Å². The van der Waals surface area contributed by atoms with Crippen molar-refractivity contribution >= 4 is 5.91 Å². The molecule has 0 aliphatic carbocycles. The Morgan fingerprint density at radius 2 is 2.28 bits per heavy atom. The van der Waals surface area contributed by atoms with E-state index in [-0.39, 0.29) is 18.5 Å². The van der Waals surface area contributed by atoms with E-state index < -0.39 is 0 Å². The third-order valence-electron chi connectivity index (χ3n) is 2.95. The Labute approximate surface area is 109 Å². The predicted octanol–water partition coefficient (Wildman–Crippen LogP) is 1.13. The van der Waals surface area contributed by atoms with E-state index in [4.69, 9.17) is 5.73 Å². The van der Waals surface area contributed by atoms with E-state index >= 15 is 0 Å². The zero-order valence-corrected chi connectivity index (χ0v) is 11.6. The van der Waals surface area contributed by atoms with Gasteiger partial charge in [0.1, 0.15) is 6.54 Å². The van der Waals surface area contributed by atoms with Crippen molar-refractivity contribution in [1.82, 2.24) is 15.1 Å². The first kappa shape index (κ1) is 14.7. The van der Waals surface area contributed by atoms with Gasteiger partial charge in [-0.15, -0.1) is 0 Å². The minimum absolute atomic E-state index is 0.0206. The van der Waals surface area contributed by atoms with Crippen LogP contribution in [0.2, 0.25) is 0 Å². The fourth-order valence-corrected chi connectivity index (χ4v) is 1.94. The summed E-state index contributed by atoms with van der Waals surface area (Å²) in [6.07, 6.45) is 3.14. The van der Waals surface area contributed by atoms with Crippen molar-refractivity contribution in [3.63, 3.8) is 0 Å². The average molecular weight is 252 g/mol. The van der Waals surface area contributed by atoms with Gasteiger partial charge >= 0.3 is 0 Å². The van der Waals surface area contributed by atoms with Crippen molar-refractivity contribution in [2.75, 3.05) is 6.54 Å². The lowest BCUT2D eigenvalue weighted by Gasteiger charge is -2.16. The molecule has 0 saturated carbocycles. The molecule has 0 fully saturated rings. The molecule has 1 aromatic rings. The summed E-state index contributed by atoms with van der Waals surface area (Å²) in [6, 6.07) is 2.04. The molecule has 18 heavy (non-hydrogen) atoms. The van der Waals surface area contributed by atoms with Gasteiger partial charge in [-0.1, -0.05) is 19.8 Å². The van der Waals surface area contributed by atoms with Crippen molar-refractivity contribution in [2.24, 2.45) is 5.73 Å². The van der Waals surface area contributed by atoms with Gasteiger partial charge < -0.3 is 11.1 Å². The van der Waals surface area contributed by atoms with Crippen LogP contribution in [0.3, 0.4) is 0 Å². The van der Waals surface area contributed by atoms with E-state index in [2.05, 4.69) is 17.3 Å². The Bertz CT molecular complexity index is 386. The molecular weight excluding hydrogens is 228 g/mol. The number of nitrogens with zero attached hydrogens (tertiary/aromatic N) is 2. The maximum Gasteiger partial charge on any atom is 0.242 e. The van der Waals surface area contributed by atoms with Crippen LogP contribution in [0.4, 0.5) is 0 Å². The van der Waals surface area contributed by atoms with E-state index in [0.29, 0.717) is 6.54 Å². The van der Waals surface area contributed by atoms with Gasteiger partial charge in [-0.2, -0.15) is 5.10 Å². The van der Waals surface area contributed by atoms with Crippen LogP contribution in [0.25, 0.3) is 0 Å². The van der Waals surface area contributed by atoms with Gasteiger partial charge in [0.05, 0.1) is 5.69 Å². The Hall–Kier alpha value is -1.36. The minimum Gasteiger partial charge on any atom is -0.350 e. The Morgan fingerprint density at radius 1 is 1.56 bits per heavy atom. The van der Waals surface area contributed by atoms with Gasteiger partial charge in [0.15, 0.2) is 0 Å². The van der Waals surface area contributed by atoms with Gasteiger partial charge in [-0.25, -0.2) is 0 Å². The van der Waals surface area contributed by atoms with Gasteiger partial charge in [0, 0.05) is 18.3 Å². The number of carbonyl (C=O) groups excluding carboxylic acids is 1. The first-order valence-corrected chi connectivity index (χ1v) is 6.57. The summed E-state index contributed by atoms with van der Waals surface area (Å²) < 4.78 is 1.72. The molecule has 5 nitrogen and oxygen atoms in total. The Kier molecular flexibility index (Phi) is 5.85. The number of unbranched alkanes of at least 4 members (excludes halogenated alkanes) is 1. The molecule has 1 unspecified atom stereocenters. The number of amides is 1. The third kappa shape index (κ3) is 4.49. The normalized spacial score (nSPS) is 12.4. The fourth-order valence-electron chi connectivity index (χ4n) is 1.94. The highest BCUT2D eigenvalue weighted by molar-refractivity contribution is 5.76. The Balaban J connectivity index is 2.47. The van der Waals surface area contributed by atoms with Gasteiger partial charge in [0.25, 0.3) is 0 Å². The maximum absolute atomic E-state index is 11.9.